The Morgan fingerprint density at radius 1 is 1.00 bits per heavy atom. The van der Waals surface area contributed by atoms with Crippen molar-refractivity contribution in [3.8, 4) is 11.5 Å². The van der Waals surface area contributed by atoms with E-state index in [9.17, 15) is 18.8 Å². The fourth-order valence-electron chi connectivity index (χ4n) is 3.84. The summed E-state index contributed by atoms with van der Waals surface area (Å²) in [7, 11) is 2.88. The third-order valence-corrected chi connectivity index (χ3v) is 5.75. The number of esters is 1. The summed E-state index contributed by atoms with van der Waals surface area (Å²) in [5.74, 6) is -1.49. The van der Waals surface area contributed by atoms with E-state index in [1.54, 1.807) is 6.92 Å². The van der Waals surface area contributed by atoms with Gasteiger partial charge in [0.1, 0.15) is 5.82 Å². The minimum atomic E-state index is -1.11. The number of methoxy groups -OCH3 is 2. The Hall–Kier alpha value is -3.62. The topological polar surface area (TPSA) is 103 Å². The number of halogens is 1. The fourth-order valence-corrected chi connectivity index (χ4v) is 3.84. The molecule has 0 spiro atoms. The molecular formula is C25H29FN2O6. The predicted molar refractivity (Wildman–Crippen MR) is 125 cm³/mol. The molecule has 2 N–H and O–H groups in total. The first kappa shape index (κ1) is 25.0. The highest BCUT2D eigenvalue weighted by Gasteiger charge is 2.28. The van der Waals surface area contributed by atoms with E-state index in [0.717, 1.165) is 25.7 Å². The average molecular weight is 473 g/mol. The zero-order chi connectivity index (χ0) is 24.7. The number of carbonyl (C=O) groups is 3. The predicted octanol–water partition coefficient (Wildman–Crippen LogP) is 4.55. The van der Waals surface area contributed by atoms with Crippen LogP contribution in [0.4, 0.5) is 15.8 Å². The van der Waals surface area contributed by atoms with E-state index < -0.39 is 23.8 Å². The Morgan fingerprint density at radius 3 is 2.21 bits per heavy atom. The lowest BCUT2D eigenvalue weighted by Crippen LogP contribution is -2.32. The van der Waals surface area contributed by atoms with E-state index in [1.165, 1.54) is 50.6 Å². The highest BCUT2D eigenvalue weighted by molar-refractivity contribution is 6.04. The largest absolute Gasteiger partial charge is 0.493 e. The van der Waals surface area contributed by atoms with E-state index in [2.05, 4.69) is 10.6 Å². The molecule has 1 aliphatic rings. The van der Waals surface area contributed by atoms with E-state index in [4.69, 9.17) is 14.2 Å². The molecule has 0 aromatic heterocycles. The molecule has 2 aromatic rings. The molecule has 0 bridgehead atoms. The van der Waals surface area contributed by atoms with Crippen LogP contribution in [-0.2, 0) is 14.3 Å². The molecular weight excluding hydrogens is 443 g/mol. The molecule has 3 rings (SSSR count). The standard InChI is InChI=1S/C25H29FN2O6/c1-4-20(24(30)27-17-11-9-16(26)10-12-17)34-25(31)18-13-21(32-2)22(33-3)14-19(18)28-23(29)15-7-5-6-8-15/h9-15,20H,4-8H2,1-3H3,(H,27,30)(H,28,29). The zero-order valence-corrected chi connectivity index (χ0v) is 19.5. The van der Waals surface area contributed by atoms with E-state index in [1.807, 2.05) is 0 Å². The molecule has 34 heavy (non-hydrogen) atoms. The van der Waals surface area contributed by atoms with Crippen molar-refractivity contribution in [2.45, 2.75) is 45.1 Å². The van der Waals surface area contributed by atoms with Crippen LogP contribution in [0.15, 0.2) is 36.4 Å². The molecule has 182 valence electrons. The van der Waals surface area contributed by atoms with Gasteiger partial charge in [-0.05, 0) is 43.5 Å². The van der Waals surface area contributed by atoms with Crippen LogP contribution < -0.4 is 20.1 Å². The van der Waals surface area contributed by atoms with Gasteiger partial charge < -0.3 is 24.8 Å². The zero-order valence-electron chi connectivity index (χ0n) is 19.5. The van der Waals surface area contributed by atoms with Gasteiger partial charge in [-0.1, -0.05) is 19.8 Å². The molecule has 0 saturated heterocycles. The summed E-state index contributed by atoms with van der Waals surface area (Å²) in [6.45, 7) is 1.69. The van der Waals surface area contributed by atoms with Crippen LogP contribution in [0.2, 0.25) is 0 Å². The molecule has 0 heterocycles. The van der Waals surface area contributed by atoms with Gasteiger partial charge in [0.2, 0.25) is 5.91 Å². The lowest BCUT2D eigenvalue weighted by molar-refractivity contribution is -0.124. The van der Waals surface area contributed by atoms with E-state index in [0.29, 0.717) is 11.4 Å². The molecule has 0 radical (unpaired) electrons. The van der Waals surface area contributed by atoms with Crippen molar-refractivity contribution >= 4 is 29.2 Å². The maximum absolute atomic E-state index is 13.1. The second-order valence-electron chi connectivity index (χ2n) is 8.02. The van der Waals surface area contributed by atoms with Crippen molar-refractivity contribution in [1.82, 2.24) is 0 Å². The van der Waals surface area contributed by atoms with Crippen LogP contribution in [-0.4, -0.2) is 38.1 Å². The van der Waals surface area contributed by atoms with Crippen LogP contribution in [0.1, 0.15) is 49.4 Å². The summed E-state index contributed by atoms with van der Waals surface area (Å²) in [5, 5.41) is 5.42. The monoisotopic (exact) mass is 472 g/mol. The lowest BCUT2D eigenvalue weighted by atomic mass is 10.1. The van der Waals surface area contributed by atoms with Crippen LogP contribution in [0, 0.1) is 11.7 Å². The van der Waals surface area contributed by atoms with Crippen molar-refractivity contribution in [2.24, 2.45) is 5.92 Å². The first-order chi connectivity index (χ1) is 16.4. The number of benzene rings is 2. The Labute approximate surface area is 197 Å². The number of amides is 2. The van der Waals surface area contributed by atoms with Gasteiger partial charge in [0.25, 0.3) is 5.91 Å². The van der Waals surface area contributed by atoms with Gasteiger partial charge in [-0.15, -0.1) is 0 Å². The summed E-state index contributed by atoms with van der Waals surface area (Å²) in [4.78, 5) is 38.5. The molecule has 1 saturated carbocycles. The highest BCUT2D eigenvalue weighted by Crippen LogP contribution is 2.35. The number of hydrogen-bond acceptors (Lipinski definition) is 6. The Kier molecular flexibility index (Phi) is 8.45. The number of rotatable bonds is 9. The second kappa shape index (κ2) is 11.5. The first-order valence-electron chi connectivity index (χ1n) is 11.2. The first-order valence-corrected chi connectivity index (χ1v) is 11.2. The molecule has 1 fully saturated rings. The Morgan fingerprint density at radius 2 is 1.62 bits per heavy atom. The van der Waals surface area contributed by atoms with Crippen molar-refractivity contribution < 1.29 is 33.0 Å². The van der Waals surface area contributed by atoms with Crippen molar-refractivity contribution in [3.63, 3.8) is 0 Å². The van der Waals surface area contributed by atoms with Crippen LogP contribution in [0.3, 0.4) is 0 Å². The van der Waals surface area contributed by atoms with Crippen LogP contribution in [0.25, 0.3) is 0 Å². The number of hydrogen-bond donors (Lipinski definition) is 2. The summed E-state index contributed by atoms with van der Waals surface area (Å²) >= 11 is 0. The molecule has 1 aliphatic carbocycles. The molecule has 1 unspecified atom stereocenters. The Balaban J connectivity index is 1.81. The molecule has 0 aliphatic heterocycles. The minimum absolute atomic E-state index is 0.0389. The third kappa shape index (κ3) is 6.03. The Bertz CT molecular complexity index is 1030. The normalized spacial score (nSPS) is 14.2. The summed E-state index contributed by atoms with van der Waals surface area (Å²) in [6.07, 6.45) is 2.65. The van der Waals surface area contributed by atoms with Gasteiger partial charge >= 0.3 is 5.97 Å². The maximum atomic E-state index is 13.1. The smallest absolute Gasteiger partial charge is 0.341 e. The summed E-state index contributed by atoms with van der Waals surface area (Å²) in [5.41, 5.74) is 0.627. The van der Waals surface area contributed by atoms with Gasteiger partial charge in [-0.3, -0.25) is 9.59 Å². The van der Waals surface area contributed by atoms with Crippen molar-refractivity contribution in [3.05, 3.63) is 47.8 Å². The van der Waals surface area contributed by atoms with Crippen molar-refractivity contribution in [2.75, 3.05) is 24.9 Å². The third-order valence-electron chi connectivity index (χ3n) is 5.75. The number of ether oxygens (including phenoxy) is 3. The van der Waals surface area contributed by atoms with Gasteiger partial charge in [-0.2, -0.15) is 0 Å². The molecule has 2 aromatic carbocycles. The lowest BCUT2D eigenvalue weighted by Gasteiger charge is -2.19. The van der Waals surface area contributed by atoms with Gasteiger partial charge in [0.05, 0.1) is 25.5 Å². The fraction of sp³-hybridized carbons (Fsp3) is 0.400. The van der Waals surface area contributed by atoms with Crippen LogP contribution >= 0.6 is 0 Å². The molecule has 9 heteroatoms. The summed E-state index contributed by atoms with van der Waals surface area (Å²) in [6, 6.07) is 8.16. The van der Waals surface area contributed by atoms with Gasteiger partial charge in [-0.25, -0.2) is 9.18 Å². The van der Waals surface area contributed by atoms with E-state index in [-0.39, 0.29) is 35.2 Å². The van der Waals surface area contributed by atoms with Gasteiger partial charge in [0.15, 0.2) is 17.6 Å². The summed E-state index contributed by atoms with van der Waals surface area (Å²) < 4.78 is 29.2. The van der Waals surface area contributed by atoms with Crippen molar-refractivity contribution in [1.29, 1.82) is 0 Å². The molecule has 1 atom stereocenters. The number of anilines is 2. The number of nitrogens with one attached hydrogen (secondary N) is 2. The van der Waals surface area contributed by atoms with E-state index >= 15 is 0 Å². The maximum Gasteiger partial charge on any atom is 0.341 e. The highest BCUT2D eigenvalue weighted by atomic mass is 19.1. The van der Waals surface area contributed by atoms with Gasteiger partial charge in [0, 0.05) is 23.7 Å². The quantitative estimate of drug-likeness (QED) is 0.519. The molecule has 8 nitrogen and oxygen atoms in total. The SMILES string of the molecule is CCC(OC(=O)c1cc(OC)c(OC)cc1NC(=O)C1CCCC1)C(=O)Nc1ccc(F)cc1. The average Bonchev–Trinajstić information content (AvgIpc) is 3.38. The molecule has 2 amide bonds. The second-order valence-corrected chi connectivity index (χ2v) is 8.02. The number of carbonyl (C=O) groups excluding carboxylic acids is 3. The minimum Gasteiger partial charge on any atom is -0.493 e. The van der Waals surface area contributed by atoms with Crippen LogP contribution in [0.5, 0.6) is 11.5 Å².